The normalized spacial score (nSPS) is 12.9. The highest BCUT2D eigenvalue weighted by Gasteiger charge is 2.15. The van der Waals surface area contributed by atoms with Crippen LogP contribution in [0.5, 0.6) is 5.75 Å². The van der Waals surface area contributed by atoms with Crippen molar-refractivity contribution in [1.82, 2.24) is 4.90 Å². The highest BCUT2D eigenvalue weighted by atomic mass is 35.5. The Hall–Kier alpha value is -0.810. The molecule has 0 fully saturated rings. The van der Waals surface area contributed by atoms with Gasteiger partial charge in [0.05, 0.1) is 13.2 Å². The highest BCUT2D eigenvalue weighted by molar-refractivity contribution is 6.30. The Labute approximate surface area is 119 Å². The second kappa shape index (κ2) is 8.38. The molecule has 0 spiro atoms. The van der Waals surface area contributed by atoms with Gasteiger partial charge >= 0.3 is 0 Å². The molecule has 0 aromatic heterocycles. The van der Waals surface area contributed by atoms with Crippen molar-refractivity contribution < 1.29 is 14.6 Å². The molecule has 1 aromatic carbocycles. The van der Waals surface area contributed by atoms with Crippen LogP contribution in [0.2, 0.25) is 5.02 Å². The van der Waals surface area contributed by atoms with E-state index in [0.29, 0.717) is 24.8 Å². The van der Waals surface area contributed by atoms with E-state index in [-0.39, 0.29) is 11.8 Å². The number of aromatic hydroxyl groups is 1. The van der Waals surface area contributed by atoms with Crippen molar-refractivity contribution in [1.29, 1.82) is 0 Å². The number of halogens is 1. The van der Waals surface area contributed by atoms with Gasteiger partial charge in [0.25, 0.3) is 0 Å². The number of ether oxygens (including phenoxy) is 2. The summed E-state index contributed by atoms with van der Waals surface area (Å²) in [7, 11) is 3.36. The minimum Gasteiger partial charge on any atom is -0.508 e. The van der Waals surface area contributed by atoms with Gasteiger partial charge in [0.15, 0.2) is 0 Å². The van der Waals surface area contributed by atoms with Gasteiger partial charge in [-0.25, -0.2) is 0 Å². The molecule has 0 aliphatic rings. The summed E-state index contributed by atoms with van der Waals surface area (Å²) in [6, 6.07) is 5.32. The summed E-state index contributed by atoms with van der Waals surface area (Å²) in [4.78, 5) is 2.19. The Morgan fingerprint density at radius 1 is 1.32 bits per heavy atom. The van der Waals surface area contributed by atoms with Crippen LogP contribution in [0.4, 0.5) is 0 Å². The Balaban J connectivity index is 2.77. The van der Waals surface area contributed by atoms with Crippen LogP contribution in [0.15, 0.2) is 18.2 Å². The molecule has 1 atom stereocenters. The van der Waals surface area contributed by atoms with Gasteiger partial charge in [-0.3, -0.25) is 4.90 Å². The SMILES string of the molecule is COCCN(Cc1cc(Cl)ccc1O)C(C)COC. The van der Waals surface area contributed by atoms with Crippen molar-refractivity contribution in [3.63, 3.8) is 0 Å². The molecule has 0 bridgehead atoms. The standard InChI is InChI=1S/C14H22ClNO3/c1-11(10-19-3)16(6-7-18-2)9-12-8-13(15)4-5-14(12)17/h4-5,8,11,17H,6-7,9-10H2,1-3H3. The molecule has 1 unspecified atom stereocenters. The minimum atomic E-state index is 0.235. The average molecular weight is 288 g/mol. The number of methoxy groups -OCH3 is 2. The molecule has 0 aliphatic carbocycles. The third-order valence-corrected chi connectivity index (χ3v) is 3.26. The fourth-order valence-corrected chi connectivity index (χ4v) is 2.10. The van der Waals surface area contributed by atoms with Crippen molar-refractivity contribution in [2.45, 2.75) is 19.5 Å². The monoisotopic (exact) mass is 287 g/mol. The maximum Gasteiger partial charge on any atom is 0.120 e. The zero-order chi connectivity index (χ0) is 14.3. The molecule has 0 heterocycles. The smallest absolute Gasteiger partial charge is 0.120 e. The molecule has 0 amide bonds. The number of phenolic OH excluding ortho intramolecular Hbond substituents is 1. The first-order valence-electron chi connectivity index (χ1n) is 6.27. The zero-order valence-corrected chi connectivity index (χ0v) is 12.5. The summed E-state index contributed by atoms with van der Waals surface area (Å²) in [5.74, 6) is 0.261. The number of hydrogen-bond acceptors (Lipinski definition) is 4. The molecule has 0 saturated heterocycles. The fourth-order valence-electron chi connectivity index (χ4n) is 1.91. The summed E-state index contributed by atoms with van der Waals surface area (Å²) >= 11 is 5.97. The molecule has 1 N–H and O–H groups in total. The summed E-state index contributed by atoms with van der Waals surface area (Å²) in [6.07, 6.45) is 0. The molecule has 4 nitrogen and oxygen atoms in total. The van der Waals surface area contributed by atoms with Gasteiger partial charge in [0, 0.05) is 43.9 Å². The maximum atomic E-state index is 9.87. The third-order valence-electron chi connectivity index (χ3n) is 3.03. The van der Waals surface area contributed by atoms with Crippen LogP contribution in [0.25, 0.3) is 0 Å². The van der Waals surface area contributed by atoms with Gasteiger partial charge in [-0.2, -0.15) is 0 Å². The van der Waals surface area contributed by atoms with Gasteiger partial charge in [0.2, 0.25) is 0 Å². The number of hydrogen-bond donors (Lipinski definition) is 1. The predicted molar refractivity (Wildman–Crippen MR) is 76.7 cm³/mol. The Morgan fingerprint density at radius 3 is 2.68 bits per heavy atom. The van der Waals surface area contributed by atoms with E-state index in [0.717, 1.165) is 12.1 Å². The lowest BCUT2D eigenvalue weighted by molar-refractivity contribution is 0.0700. The maximum absolute atomic E-state index is 9.87. The second-order valence-electron chi connectivity index (χ2n) is 4.54. The number of benzene rings is 1. The van der Waals surface area contributed by atoms with Crippen LogP contribution in [0, 0.1) is 0 Å². The first kappa shape index (κ1) is 16.2. The first-order valence-corrected chi connectivity index (χ1v) is 6.65. The first-order chi connectivity index (χ1) is 9.08. The average Bonchev–Trinajstić information content (AvgIpc) is 2.38. The molecule has 1 aromatic rings. The van der Waals surface area contributed by atoms with Gasteiger partial charge < -0.3 is 14.6 Å². The zero-order valence-electron chi connectivity index (χ0n) is 11.7. The van der Waals surface area contributed by atoms with Crippen molar-refractivity contribution in [2.75, 3.05) is 34.0 Å². The van der Waals surface area contributed by atoms with Gasteiger partial charge in [0.1, 0.15) is 5.75 Å². The molecule has 108 valence electrons. The van der Waals surface area contributed by atoms with Crippen LogP contribution in [-0.2, 0) is 16.0 Å². The second-order valence-corrected chi connectivity index (χ2v) is 4.98. The Morgan fingerprint density at radius 2 is 2.05 bits per heavy atom. The quantitative estimate of drug-likeness (QED) is 0.798. The fraction of sp³-hybridized carbons (Fsp3) is 0.571. The largest absolute Gasteiger partial charge is 0.508 e. The van der Waals surface area contributed by atoms with E-state index < -0.39 is 0 Å². The summed E-state index contributed by atoms with van der Waals surface area (Å²) in [6.45, 7) is 4.73. The third kappa shape index (κ3) is 5.37. The van der Waals surface area contributed by atoms with Crippen LogP contribution in [0.1, 0.15) is 12.5 Å². The molecule has 19 heavy (non-hydrogen) atoms. The van der Waals surface area contributed by atoms with Gasteiger partial charge in [-0.15, -0.1) is 0 Å². The van der Waals surface area contributed by atoms with Crippen molar-refractivity contribution in [3.8, 4) is 5.75 Å². The summed E-state index contributed by atoms with van der Waals surface area (Å²) in [5.41, 5.74) is 0.812. The lowest BCUT2D eigenvalue weighted by Crippen LogP contribution is -2.38. The van der Waals surface area contributed by atoms with E-state index in [1.807, 2.05) is 0 Å². The lowest BCUT2D eigenvalue weighted by Gasteiger charge is -2.28. The van der Waals surface area contributed by atoms with E-state index >= 15 is 0 Å². The van der Waals surface area contributed by atoms with E-state index in [1.54, 1.807) is 32.4 Å². The molecule has 1 rings (SSSR count). The van der Waals surface area contributed by atoms with Gasteiger partial charge in [-0.1, -0.05) is 11.6 Å². The van der Waals surface area contributed by atoms with E-state index in [1.165, 1.54) is 0 Å². The minimum absolute atomic E-state index is 0.235. The van der Waals surface area contributed by atoms with Crippen LogP contribution >= 0.6 is 11.6 Å². The van der Waals surface area contributed by atoms with Crippen LogP contribution in [0.3, 0.4) is 0 Å². The summed E-state index contributed by atoms with van der Waals surface area (Å²) in [5, 5.41) is 10.5. The highest BCUT2D eigenvalue weighted by Crippen LogP contribution is 2.23. The van der Waals surface area contributed by atoms with E-state index in [2.05, 4.69) is 11.8 Å². The van der Waals surface area contributed by atoms with Crippen LogP contribution < -0.4 is 0 Å². The van der Waals surface area contributed by atoms with Crippen molar-refractivity contribution >= 4 is 11.6 Å². The molecule has 0 saturated carbocycles. The van der Waals surface area contributed by atoms with E-state index in [9.17, 15) is 5.11 Å². The van der Waals surface area contributed by atoms with Crippen LogP contribution in [-0.4, -0.2) is 50.0 Å². The topological polar surface area (TPSA) is 41.9 Å². The van der Waals surface area contributed by atoms with Gasteiger partial charge in [-0.05, 0) is 25.1 Å². The van der Waals surface area contributed by atoms with E-state index in [4.69, 9.17) is 21.1 Å². The summed E-state index contributed by atoms with van der Waals surface area (Å²) < 4.78 is 10.3. The molecular formula is C14H22ClNO3. The molecular weight excluding hydrogens is 266 g/mol. The predicted octanol–water partition coefficient (Wildman–Crippen LogP) is 2.53. The Bertz CT molecular complexity index is 387. The molecule has 5 heteroatoms. The lowest BCUT2D eigenvalue weighted by atomic mass is 10.1. The van der Waals surface area contributed by atoms with Crippen molar-refractivity contribution in [3.05, 3.63) is 28.8 Å². The Kier molecular flexibility index (Phi) is 7.16. The number of nitrogens with zero attached hydrogens (tertiary/aromatic N) is 1. The molecule has 0 radical (unpaired) electrons. The number of phenols is 1. The number of rotatable bonds is 8. The molecule has 0 aliphatic heterocycles. The van der Waals surface area contributed by atoms with Crippen molar-refractivity contribution in [2.24, 2.45) is 0 Å².